The number of esters is 2. The van der Waals surface area contributed by atoms with Gasteiger partial charge in [-0.25, -0.2) is 0 Å². The lowest BCUT2D eigenvalue weighted by Crippen LogP contribution is -2.53. The van der Waals surface area contributed by atoms with E-state index >= 15 is 0 Å². The van der Waals surface area contributed by atoms with E-state index in [-0.39, 0.29) is 23.4 Å². The molecule has 36 heavy (non-hydrogen) atoms. The molecule has 10 nitrogen and oxygen atoms in total. The van der Waals surface area contributed by atoms with E-state index in [0.29, 0.717) is 17.1 Å². The van der Waals surface area contributed by atoms with Crippen molar-refractivity contribution in [2.75, 3.05) is 34.5 Å². The predicted molar refractivity (Wildman–Crippen MR) is 127 cm³/mol. The number of ether oxygens (including phenoxy) is 4. The van der Waals surface area contributed by atoms with Gasteiger partial charge in [0.1, 0.15) is 24.5 Å². The summed E-state index contributed by atoms with van der Waals surface area (Å²) in [6.07, 6.45) is -0.810. The largest absolute Gasteiger partial charge is 0.497 e. The SMILES string of the molecule is CCOC(=O)CC1(O)C(=O)C(C(=O)c2ccc(OC)cc2)=C(c2ccc(OC)cc2)N1CC(=O)OC. The van der Waals surface area contributed by atoms with Crippen molar-refractivity contribution in [2.45, 2.75) is 19.1 Å². The lowest BCUT2D eigenvalue weighted by molar-refractivity contribution is -0.167. The molecular weight excluding hydrogens is 470 g/mol. The van der Waals surface area contributed by atoms with Crippen LogP contribution in [0.4, 0.5) is 0 Å². The molecule has 0 aromatic heterocycles. The molecule has 1 atom stereocenters. The van der Waals surface area contributed by atoms with E-state index in [2.05, 4.69) is 0 Å². The number of benzene rings is 2. The van der Waals surface area contributed by atoms with E-state index in [1.165, 1.54) is 26.4 Å². The fourth-order valence-electron chi connectivity index (χ4n) is 3.89. The van der Waals surface area contributed by atoms with Gasteiger partial charge in [0.2, 0.25) is 11.5 Å². The van der Waals surface area contributed by atoms with Crippen LogP contribution in [0.25, 0.3) is 5.70 Å². The number of hydrogen-bond donors (Lipinski definition) is 1. The molecule has 1 unspecified atom stereocenters. The number of hydrogen-bond acceptors (Lipinski definition) is 10. The second kappa shape index (κ2) is 11.0. The number of ketones is 2. The predicted octanol–water partition coefficient (Wildman–Crippen LogP) is 2.00. The van der Waals surface area contributed by atoms with Crippen LogP contribution >= 0.6 is 0 Å². The summed E-state index contributed by atoms with van der Waals surface area (Å²) < 4.78 is 20.0. The number of Topliss-reactive ketones (excluding diaryl/α,β-unsaturated/α-hetero) is 2. The molecule has 1 N–H and O–H groups in total. The van der Waals surface area contributed by atoms with Crippen molar-refractivity contribution in [2.24, 2.45) is 0 Å². The van der Waals surface area contributed by atoms with Crippen LogP contribution in [0, 0.1) is 0 Å². The molecule has 0 amide bonds. The summed E-state index contributed by atoms with van der Waals surface area (Å²) in [5, 5.41) is 11.6. The first-order valence-corrected chi connectivity index (χ1v) is 11.0. The summed E-state index contributed by atoms with van der Waals surface area (Å²) in [4.78, 5) is 53.1. The van der Waals surface area contributed by atoms with Crippen LogP contribution in [-0.2, 0) is 23.9 Å². The van der Waals surface area contributed by atoms with Crippen molar-refractivity contribution in [3.63, 3.8) is 0 Å². The highest BCUT2D eigenvalue weighted by Crippen LogP contribution is 2.42. The van der Waals surface area contributed by atoms with E-state index in [1.54, 1.807) is 43.3 Å². The van der Waals surface area contributed by atoms with Gasteiger partial charge >= 0.3 is 11.9 Å². The maximum absolute atomic E-state index is 13.7. The van der Waals surface area contributed by atoms with Gasteiger partial charge in [-0.3, -0.25) is 19.2 Å². The highest BCUT2D eigenvalue weighted by molar-refractivity contribution is 6.34. The zero-order chi connectivity index (χ0) is 26.5. The summed E-state index contributed by atoms with van der Waals surface area (Å²) in [5.41, 5.74) is -2.50. The number of rotatable bonds is 10. The summed E-state index contributed by atoms with van der Waals surface area (Å²) in [7, 11) is 4.10. The topological polar surface area (TPSA) is 129 Å². The highest BCUT2D eigenvalue weighted by Gasteiger charge is 2.55. The van der Waals surface area contributed by atoms with Crippen LogP contribution in [-0.4, -0.2) is 73.7 Å². The van der Waals surface area contributed by atoms with Gasteiger partial charge in [-0.2, -0.15) is 0 Å². The molecule has 1 aliphatic rings. The Morgan fingerprint density at radius 1 is 0.889 bits per heavy atom. The zero-order valence-electron chi connectivity index (χ0n) is 20.4. The molecule has 2 aromatic rings. The third kappa shape index (κ3) is 5.08. The summed E-state index contributed by atoms with van der Waals surface area (Å²) in [5.74, 6) is -2.41. The summed E-state index contributed by atoms with van der Waals surface area (Å²) in [6, 6.07) is 12.4. The standard InChI is InChI=1S/C26H27NO9/c1-5-36-20(28)14-26(32)25(31)22(24(30)17-8-12-19(34-3)13-9-17)23(27(26)15-21(29)35-4)16-6-10-18(33-2)11-7-16/h6-13,32H,5,14-15H2,1-4H3. The molecule has 0 aliphatic carbocycles. The third-order valence-corrected chi connectivity index (χ3v) is 5.70. The fraction of sp³-hybridized carbons (Fsp3) is 0.308. The maximum Gasteiger partial charge on any atom is 0.325 e. The Labute approximate surface area is 208 Å². The minimum absolute atomic E-state index is 0.0104. The van der Waals surface area contributed by atoms with E-state index in [1.807, 2.05) is 0 Å². The van der Waals surface area contributed by atoms with Gasteiger partial charge in [0.05, 0.1) is 39.2 Å². The van der Waals surface area contributed by atoms with E-state index in [4.69, 9.17) is 18.9 Å². The monoisotopic (exact) mass is 497 g/mol. The first-order valence-electron chi connectivity index (χ1n) is 11.0. The average Bonchev–Trinajstić information content (AvgIpc) is 3.09. The lowest BCUT2D eigenvalue weighted by atomic mass is 9.93. The van der Waals surface area contributed by atoms with E-state index < -0.39 is 42.2 Å². The minimum Gasteiger partial charge on any atom is -0.497 e. The number of aliphatic hydroxyl groups is 1. The fourth-order valence-corrected chi connectivity index (χ4v) is 3.89. The molecule has 0 bridgehead atoms. The summed E-state index contributed by atoms with van der Waals surface area (Å²) in [6.45, 7) is 0.972. The van der Waals surface area contributed by atoms with Gasteiger partial charge in [-0.1, -0.05) is 0 Å². The second-order valence-electron chi connectivity index (χ2n) is 7.80. The van der Waals surface area contributed by atoms with Crippen LogP contribution in [0.3, 0.4) is 0 Å². The van der Waals surface area contributed by atoms with Gasteiger partial charge in [0, 0.05) is 5.56 Å². The van der Waals surface area contributed by atoms with Gasteiger partial charge in [-0.15, -0.1) is 0 Å². The van der Waals surface area contributed by atoms with Crippen LogP contribution in [0.15, 0.2) is 54.1 Å². The molecule has 1 aliphatic heterocycles. The third-order valence-electron chi connectivity index (χ3n) is 5.70. The Balaban J connectivity index is 2.24. The number of nitrogens with zero attached hydrogens (tertiary/aromatic N) is 1. The van der Waals surface area contributed by atoms with Gasteiger partial charge in [-0.05, 0) is 61.0 Å². The maximum atomic E-state index is 13.7. The molecule has 0 radical (unpaired) electrons. The Morgan fingerprint density at radius 3 is 1.94 bits per heavy atom. The Bertz CT molecular complexity index is 1180. The summed E-state index contributed by atoms with van der Waals surface area (Å²) >= 11 is 0. The van der Waals surface area contributed by atoms with Crippen molar-refractivity contribution < 1.29 is 43.2 Å². The molecule has 190 valence electrons. The first kappa shape index (κ1) is 26.4. The van der Waals surface area contributed by atoms with Crippen molar-refractivity contribution in [3.8, 4) is 11.5 Å². The van der Waals surface area contributed by atoms with E-state index in [9.17, 15) is 24.3 Å². The zero-order valence-corrected chi connectivity index (χ0v) is 20.4. The van der Waals surface area contributed by atoms with Gasteiger partial charge in [0.25, 0.3) is 0 Å². The Kier molecular flexibility index (Phi) is 8.11. The van der Waals surface area contributed by atoms with Crippen molar-refractivity contribution in [1.82, 2.24) is 4.90 Å². The van der Waals surface area contributed by atoms with Crippen molar-refractivity contribution in [1.29, 1.82) is 0 Å². The molecule has 0 saturated heterocycles. The number of methoxy groups -OCH3 is 3. The number of carbonyl (C=O) groups excluding carboxylic acids is 4. The smallest absolute Gasteiger partial charge is 0.325 e. The molecule has 1 heterocycles. The molecule has 0 saturated carbocycles. The molecule has 10 heteroatoms. The molecule has 3 rings (SSSR count). The van der Waals surface area contributed by atoms with Crippen LogP contribution in [0.1, 0.15) is 29.3 Å². The molecule has 0 fully saturated rings. The first-order chi connectivity index (χ1) is 17.2. The van der Waals surface area contributed by atoms with Crippen LogP contribution in [0.5, 0.6) is 11.5 Å². The lowest BCUT2D eigenvalue weighted by Gasteiger charge is -2.34. The Morgan fingerprint density at radius 2 is 1.44 bits per heavy atom. The van der Waals surface area contributed by atoms with Crippen LogP contribution in [0.2, 0.25) is 0 Å². The highest BCUT2D eigenvalue weighted by atomic mass is 16.5. The van der Waals surface area contributed by atoms with Gasteiger partial charge < -0.3 is 29.0 Å². The number of carbonyl (C=O) groups is 4. The minimum atomic E-state index is -2.56. The van der Waals surface area contributed by atoms with Gasteiger partial charge in [0.15, 0.2) is 5.78 Å². The Hall–Kier alpha value is -4.18. The normalized spacial score (nSPS) is 17.1. The molecule has 2 aromatic carbocycles. The average molecular weight is 498 g/mol. The second-order valence-corrected chi connectivity index (χ2v) is 7.80. The van der Waals surface area contributed by atoms with Crippen LogP contribution < -0.4 is 9.47 Å². The van der Waals surface area contributed by atoms with Crippen molar-refractivity contribution in [3.05, 3.63) is 65.2 Å². The van der Waals surface area contributed by atoms with Crippen molar-refractivity contribution >= 4 is 29.2 Å². The van der Waals surface area contributed by atoms with E-state index in [0.717, 1.165) is 12.0 Å². The quantitative estimate of drug-likeness (QED) is 0.296. The molecular formula is C26H27NO9. The molecule has 0 spiro atoms.